The molecule has 5 nitrogen and oxygen atoms in total. The predicted octanol–water partition coefficient (Wildman–Crippen LogP) is 2.15. The van der Waals surface area contributed by atoms with E-state index in [4.69, 9.17) is 4.74 Å². The molecule has 1 atom stereocenters. The van der Waals surface area contributed by atoms with Crippen molar-refractivity contribution in [1.82, 2.24) is 10.6 Å². The number of rotatable bonds is 6. The fourth-order valence-electron chi connectivity index (χ4n) is 5.97. The molecular weight excluding hydrogens is 304 g/mol. The minimum Gasteiger partial charge on any atom is -0.376 e. The number of hydrogen-bond acceptors (Lipinski definition) is 3. The maximum Gasteiger partial charge on any atom is 0.220 e. The summed E-state index contributed by atoms with van der Waals surface area (Å²) in [7, 11) is 0. The third-order valence-corrected chi connectivity index (χ3v) is 6.57. The summed E-state index contributed by atoms with van der Waals surface area (Å²) in [4.78, 5) is 24.3. The van der Waals surface area contributed by atoms with Crippen LogP contribution in [0.5, 0.6) is 0 Å². The normalized spacial score (nSPS) is 39.8. The van der Waals surface area contributed by atoms with Gasteiger partial charge in [-0.15, -0.1) is 0 Å². The fraction of sp³-hybridized carbons (Fsp3) is 0.895. The summed E-state index contributed by atoms with van der Waals surface area (Å²) in [6.07, 6.45) is 10.5. The van der Waals surface area contributed by atoms with Crippen LogP contribution in [0.15, 0.2) is 0 Å². The van der Waals surface area contributed by atoms with Gasteiger partial charge in [0.15, 0.2) is 0 Å². The molecule has 0 aromatic rings. The first kappa shape index (κ1) is 16.4. The zero-order chi connectivity index (χ0) is 16.6. The van der Waals surface area contributed by atoms with Crippen molar-refractivity contribution in [2.24, 2.45) is 17.8 Å². The van der Waals surface area contributed by atoms with E-state index in [-0.39, 0.29) is 29.9 Å². The van der Waals surface area contributed by atoms with Crippen molar-refractivity contribution < 1.29 is 14.3 Å². The zero-order valence-corrected chi connectivity index (χ0v) is 14.5. The van der Waals surface area contributed by atoms with Gasteiger partial charge in [0.2, 0.25) is 11.8 Å². The summed E-state index contributed by atoms with van der Waals surface area (Å²) in [5.41, 5.74) is 0.0556. The highest BCUT2D eigenvalue weighted by Crippen LogP contribution is 2.55. The van der Waals surface area contributed by atoms with Crippen molar-refractivity contribution in [2.75, 3.05) is 13.2 Å². The lowest BCUT2D eigenvalue weighted by Gasteiger charge is -2.56. The lowest BCUT2D eigenvalue weighted by atomic mass is 9.53. The van der Waals surface area contributed by atoms with Gasteiger partial charge in [0, 0.05) is 31.5 Å². The minimum atomic E-state index is -0.0360. The average Bonchev–Trinajstić information content (AvgIpc) is 3.02. The Morgan fingerprint density at radius 2 is 1.58 bits per heavy atom. The standard InChI is InChI=1S/C19H30N2O3/c22-17(20-12-16-2-1-5-24-16)3-4-18(23)21-19-9-13-6-14(10-19)8-15(7-13)11-19/h13-16H,1-12H2,(H,20,22)(H,21,23)/t13?,14?,15?,16-,19?/m1/s1. The molecule has 2 N–H and O–H groups in total. The number of carbonyl (C=O) groups is 2. The Bertz CT molecular complexity index is 464. The molecule has 134 valence electrons. The number of carbonyl (C=O) groups excluding carboxylic acids is 2. The lowest BCUT2D eigenvalue weighted by molar-refractivity contribution is -0.130. The van der Waals surface area contributed by atoms with Crippen LogP contribution in [0.4, 0.5) is 0 Å². The third kappa shape index (κ3) is 3.61. The van der Waals surface area contributed by atoms with E-state index in [1.54, 1.807) is 0 Å². The Kier molecular flexibility index (Phi) is 4.54. The van der Waals surface area contributed by atoms with Gasteiger partial charge in [-0.1, -0.05) is 0 Å². The SMILES string of the molecule is O=C(CCC(=O)NC12CC3CC(CC(C3)C1)C2)NC[C@H]1CCCO1. The number of nitrogens with one attached hydrogen (secondary N) is 2. The quantitative estimate of drug-likeness (QED) is 0.782. The Morgan fingerprint density at radius 1 is 0.958 bits per heavy atom. The second-order valence-corrected chi connectivity index (χ2v) is 8.69. The Hall–Kier alpha value is -1.10. The molecule has 0 aromatic carbocycles. The molecule has 4 aliphatic carbocycles. The van der Waals surface area contributed by atoms with Crippen LogP contribution >= 0.6 is 0 Å². The number of ether oxygens (including phenoxy) is 1. The van der Waals surface area contributed by atoms with E-state index in [2.05, 4.69) is 10.6 Å². The Balaban J connectivity index is 1.20. The summed E-state index contributed by atoms with van der Waals surface area (Å²) in [6.45, 7) is 1.38. The first-order valence-electron chi connectivity index (χ1n) is 9.79. The van der Waals surface area contributed by atoms with Crippen molar-refractivity contribution in [3.8, 4) is 0 Å². The molecule has 4 bridgehead atoms. The van der Waals surface area contributed by atoms with Crippen LogP contribution in [0.25, 0.3) is 0 Å². The first-order valence-corrected chi connectivity index (χ1v) is 9.79. The molecule has 2 amide bonds. The molecule has 1 heterocycles. The van der Waals surface area contributed by atoms with E-state index in [9.17, 15) is 9.59 Å². The molecule has 0 spiro atoms. The van der Waals surface area contributed by atoms with Crippen LogP contribution in [0.3, 0.4) is 0 Å². The van der Waals surface area contributed by atoms with E-state index in [1.807, 2.05) is 0 Å². The minimum absolute atomic E-state index is 0.0360. The second-order valence-electron chi connectivity index (χ2n) is 8.69. The molecule has 5 fully saturated rings. The van der Waals surface area contributed by atoms with Crippen LogP contribution in [-0.4, -0.2) is 36.6 Å². The van der Waals surface area contributed by atoms with Gasteiger partial charge in [-0.2, -0.15) is 0 Å². The van der Waals surface area contributed by atoms with Crippen LogP contribution in [0, 0.1) is 17.8 Å². The molecule has 1 saturated heterocycles. The maximum absolute atomic E-state index is 12.4. The van der Waals surface area contributed by atoms with Crippen molar-refractivity contribution in [2.45, 2.75) is 75.9 Å². The molecule has 5 heteroatoms. The second kappa shape index (κ2) is 6.66. The number of hydrogen-bond donors (Lipinski definition) is 2. The lowest BCUT2D eigenvalue weighted by Crippen LogP contribution is -2.59. The Labute approximate surface area is 144 Å². The highest BCUT2D eigenvalue weighted by atomic mass is 16.5. The van der Waals surface area contributed by atoms with E-state index in [0.717, 1.165) is 56.5 Å². The Morgan fingerprint density at radius 3 is 2.17 bits per heavy atom. The topological polar surface area (TPSA) is 67.4 Å². The van der Waals surface area contributed by atoms with E-state index in [1.165, 1.54) is 19.3 Å². The smallest absolute Gasteiger partial charge is 0.220 e. The van der Waals surface area contributed by atoms with Gasteiger partial charge in [0.25, 0.3) is 0 Å². The van der Waals surface area contributed by atoms with Gasteiger partial charge >= 0.3 is 0 Å². The van der Waals surface area contributed by atoms with Gasteiger partial charge < -0.3 is 15.4 Å². The molecule has 0 unspecified atom stereocenters. The molecule has 24 heavy (non-hydrogen) atoms. The van der Waals surface area contributed by atoms with Crippen molar-refractivity contribution in [3.05, 3.63) is 0 Å². The monoisotopic (exact) mass is 334 g/mol. The van der Waals surface area contributed by atoms with E-state index >= 15 is 0 Å². The van der Waals surface area contributed by atoms with Crippen molar-refractivity contribution >= 4 is 11.8 Å². The van der Waals surface area contributed by atoms with Crippen molar-refractivity contribution in [3.63, 3.8) is 0 Å². The highest BCUT2D eigenvalue weighted by molar-refractivity contribution is 5.84. The fourth-order valence-corrected chi connectivity index (χ4v) is 5.97. The van der Waals surface area contributed by atoms with E-state index in [0.29, 0.717) is 13.0 Å². The first-order chi connectivity index (χ1) is 11.6. The van der Waals surface area contributed by atoms with Crippen LogP contribution < -0.4 is 10.6 Å². The molecule has 5 aliphatic rings. The molecule has 4 saturated carbocycles. The predicted molar refractivity (Wildman–Crippen MR) is 90.3 cm³/mol. The average molecular weight is 334 g/mol. The molecule has 0 radical (unpaired) electrons. The van der Waals surface area contributed by atoms with Gasteiger partial charge in [0.05, 0.1) is 6.10 Å². The van der Waals surface area contributed by atoms with Crippen LogP contribution in [-0.2, 0) is 14.3 Å². The van der Waals surface area contributed by atoms with Gasteiger partial charge in [-0.05, 0) is 69.1 Å². The van der Waals surface area contributed by atoms with Crippen LogP contribution in [0.2, 0.25) is 0 Å². The zero-order valence-electron chi connectivity index (χ0n) is 14.5. The van der Waals surface area contributed by atoms with Gasteiger partial charge in [0.1, 0.15) is 0 Å². The number of amides is 2. The summed E-state index contributed by atoms with van der Waals surface area (Å²) in [5, 5.41) is 6.23. The summed E-state index contributed by atoms with van der Waals surface area (Å²) in [6, 6.07) is 0. The maximum atomic E-state index is 12.4. The van der Waals surface area contributed by atoms with Gasteiger partial charge in [-0.3, -0.25) is 9.59 Å². The third-order valence-electron chi connectivity index (χ3n) is 6.57. The van der Waals surface area contributed by atoms with Gasteiger partial charge in [-0.25, -0.2) is 0 Å². The molecule has 1 aliphatic heterocycles. The van der Waals surface area contributed by atoms with Crippen molar-refractivity contribution in [1.29, 1.82) is 0 Å². The van der Waals surface area contributed by atoms with E-state index < -0.39 is 0 Å². The summed E-state index contributed by atoms with van der Waals surface area (Å²) < 4.78 is 5.49. The molecular formula is C19H30N2O3. The largest absolute Gasteiger partial charge is 0.376 e. The molecule has 5 rings (SSSR count). The summed E-state index contributed by atoms with van der Waals surface area (Å²) >= 11 is 0. The molecule has 0 aromatic heterocycles. The highest BCUT2D eigenvalue weighted by Gasteiger charge is 2.51. The summed E-state index contributed by atoms with van der Waals surface area (Å²) in [5.74, 6) is 2.50. The van der Waals surface area contributed by atoms with Crippen LogP contribution in [0.1, 0.15) is 64.2 Å².